The molecule has 2 aromatic carbocycles. The number of imide groups is 1. The van der Waals surface area contributed by atoms with E-state index < -0.39 is 17.8 Å². The molecule has 0 saturated carbocycles. The van der Waals surface area contributed by atoms with Gasteiger partial charge in [0.15, 0.2) is 0 Å². The maximum absolute atomic E-state index is 12.7. The number of hydrogen-bond donors (Lipinski definition) is 1. The molecule has 0 unspecified atom stereocenters. The third-order valence-electron chi connectivity index (χ3n) is 3.76. The van der Waals surface area contributed by atoms with Gasteiger partial charge in [-0.15, -0.1) is 0 Å². The molecule has 138 valence electrons. The van der Waals surface area contributed by atoms with Gasteiger partial charge in [-0.05, 0) is 42.5 Å². The molecule has 1 heterocycles. The van der Waals surface area contributed by atoms with Gasteiger partial charge in [0.2, 0.25) is 0 Å². The highest BCUT2D eigenvalue weighted by molar-refractivity contribution is 6.53. The highest BCUT2D eigenvalue weighted by atomic mass is 35.5. The molecule has 27 heavy (non-hydrogen) atoms. The summed E-state index contributed by atoms with van der Waals surface area (Å²) < 4.78 is 4.62. The molecular formula is C18H11Cl3N2O4. The monoisotopic (exact) mass is 424 g/mol. The molecule has 0 radical (unpaired) electrons. The van der Waals surface area contributed by atoms with Crippen LogP contribution >= 0.6 is 34.8 Å². The zero-order valence-corrected chi connectivity index (χ0v) is 16.0. The first-order valence-electron chi connectivity index (χ1n) is 7.52. The molecule has 0 spiro atoms. The highest BCUT2D eigenvalue weighted by Gasteiger charge is 2.39. The van der Waals surface area contributed by atoms with Gasteiger partial charge < -0.3 is 10.1 Å². The Bertz CT molecular complexity index is 987. The van der Waals surface area contributed by atoms with Gasteiger partial charge in [-0.2, -0.15) is 0 Å². The van der Waals surface area contributed by atoms with Crippen molar-refractivity contribution in [2.24, 2.45) is 0 Å². The summed E-state index contributed by atoms with van der Waals surface area (Å²) in [5.74, 6) is -1.85. The Morgan fingerprint density at radius 2 is 1.63 bits per heavy atom. The van der Waals surface area contributed by atoms with E-state index in [-0.39, 0.29) is 27.0 Å². The van der Waals surface area contributed by atoms with Crippen LogP contribution in [0.3, 0.4) is 0 Å². The third-order valence-corrected chi connectivity index (χ3v) is 4.85. The van der Waals surface area contributed by atoms with Crippen LogP contribution in [-0.2, 0) is 14.3 Å². The SMILES string of the molecule is COC(=O)c1ccc(N2C(=O)C(Cl)=C(Nc3ccc(Cl)c(Cl)c3)C2=O)cc1. The molecule has 0 aliphatic carbocycles. The Hall–Kier alpha value is -2.54. The molecule has 0 fully saturated rings. The number of amides is 2. The Balaban J connectivity index is 1.87. The van der Waals surface area contributed by atoms with Crippen molar-refractivity contribution in [3.8, 4) is 0 Å². The third kappa shape index (κ3) is 3.64. The van der Waals surface area contributed by atoms with Gasteiger partial charge in [0.05, 0.1) is 28.4 Å². The zero-order chi connectivity index (χ0) is 19.7. The largest absolute Gasteiger partial charge is 0.465 e. The van der Waals surface area contributed by atoms with Crippen molar-refractivity contribution >= 4 is 64.0 Å². The van der Waals surface area contributed by atoms with Gasteiger partial charge in [-0.1, -0.05) is 34.8 Å². The van der Waals surface area contributed by atoms with Crippen LogP contribution in [0.15, 0.2) is 53.2 Å². The lowest BCUT2D eigenvalue weighted by atomic mass is 10.2. The summed E-state index contributed by atoms with van der Waals surface area (Å²) in [4.78, 5) is 37.6. The number of carbonyl (C=O) groups is 3. The summed E-state index contributed by atoms with van der Waals surface area (Å²) in [5.41, 5.74) is 0.911. The fraction of sp³-hybridized carbons (Fsp3) is 0.0556. The van der Waals surface area contributed by atoms with E-state index in [2.05, 4.69) is 10.1 Å². The second-order valence-corrected chi connectivity index (χ2v) is 6.62. The van der Waals surface area contributed by atoms with E-state index in [1.54, 1.807) is 12.1 Å². The van der Waals surface area contributed by atoms with Crippen molar-refractivity contribution in [1.82, 2.24) is 0 Å². The number of hydrogen-bond acceptors (Lipinski definition) is 5. The Morgan fingerprint density at radius 1 is 0.963 bits per heavy atom. The normalized spacial score (nSPS) is 14.0. The van der Waals surface area contributed by atoms with Gasteiger partial charge in [-0.3, -0.25) is 9.59 Å². The predicted octanol–water partition coefficient (Wildman–Crippen LogP) is 4.22. The number of halogens is 3. The van der Waals surface area contributed by atoms with Crippen molar-refractivity contribution in [2.75, 3.05) is 17.3 Å². The fourth-order valence-electron chi connectivity index (χ4n) is 2.43. The summed E-state index contributed by atoms with van der Waals surface area (Å²) >= 11 is 17.9. The summed E-state index contributed by atoms with van der Waals surface area (Å²) in [6, 6.07) is 10.4. The molecular weight excluding hydrogens is 415 g/mol. The first kappa shape index (κ1) is 19.2. The molecule has 0 aromatic heterocycles. The molecule has 9 heteroatoms. The first-order chi connectivity index (χ1) is 12.8. The standard InChI is InChI=1S/C18H11Cl3N2O4/c1-27-18(26)9-2-5-11(6-3-9)23-16(24)14(21)15(17(23)25)22-10-4-7-12(19)13(20)8-10/h2-8,22H,1H3. The maximum atomic E-state index is 12.7. The lowest BCUT2D eigenvalue weighted by molar-refractivity contribution is -0.120. The number of nitrogens with one attached hydrogen (secondary N) is 1. The molecule has 0 saturated heterocycles. The van der Waals surface area contributed by atoms with Crippen LogP contribution in [0.1, 0.15) is 10.4 Å². The lowest BCUT2D eigenvalue weighted by Crippen LogP contribution is -2.32. The van der Waals surface area contributed by atoms with E-state index in [0.29, 0.717) is 10.7 Å². The molecule has 0 atom stereocenters. The minimum Gasteiger partial charge on any atom is -0.465 e. The second-order valence-electron chi connectivity index (χ2n) is 5.43. The number of ether oxygens (including phenoxy) is 1. The molecule has 6 nitrogen and oxygen atoms in total. The number of methoxy groups -OCH3 is 1. The van der Waals surface area contributed by atoms with Gasteiger partial charge in [0, 0.05) is 5.69 Å². The van der Waals surface area contributed by atoms with Gasteiger partial charge in [-0.25, -0.2) is 9.69 Å². The highest BCUT2D eigenvalue weighted by Crippen LogP contribution is 2.32. The number of esters is 1. The molecule has 3 rings (SSSR count). The average Bonchev–Trinajstić information content (AvgIpc) is 2.87. The van der Waals surface area contributed by atoms with E-state index in [0.717, 1.165) is 4.90 Å². The van der Waals surface area contributed by atoms with Crippen molar-refractivity contribution < 1.29 is 19.1 Å². The van der Waals surface area contributed by atoms with Gasteiger partial charge >= 0.3 is 5.97 Å². The van der Waals surface area contributed by atoms with E-state index >= 15 is 0 Å². The number of rotatable bonds is 4. The lowest BCUT2D eigenvalue weighted by Gasteiger charge is -2.15. The Labute approximate surface area is 169 Å². The minimum absolute atomic E-state index is 0.0860. The van der Waals surface area contributed by atoms with Crippen LogP contribution < -0.4 is 10.2 Å². The molecule has 1 aliphatic rings. The molecule has 1 N–H and O–H groups in total. The van der Waals surface area contributed by atoms with Crippen LogP contribution in [0, 0.1) is 0 Å². The quantitative estimate of drug-likeness (QED) is 0.586. The van der Waals surface area contributed by atoms with Gasteiger partial charge in [0.1, 0.15) is 10.7 Å². The fourth-order valence-corrected chi connectivity index (χ4v) is 2.94. The maximum Gasteiger partial charge on any atom is 0.337 e. The van der Waals surface area contributed by atoms with Crippen LogP contribution in [0.4, 0.5) is 11.4 Å². The van der Waals surface area contributed by atoms with E-state index in [1.807, 2.05) is 0 Å². The summed E-state index contributed by atoms with van der Waals surface area (Å²) in [6.45, 7) is 0. The molecule has 2 aromatic rings. The number of benzene rings is 2. The first-order valence-corrected chi connectivity index (χ1v) is 8.66. The van der Waals surface area contributed by atoms with E-state index in [9.17, 15) is 14.4 Å². The summed E-state index contributed by atoms with van der Waals surface area (Å²) in [7, 11) is 1.26. The molecule has 1 aliphatic heterocycles. The van der Waals surface area contributed by atoms with Crippen LogP contribution in [0.2, 0.25) is 10.0 Å². The topological polar surface area (TPSA) is 75.7 Å². The van der Waals surface area contributed by atoms with Crippen LogP contribution in [-0.4, -0.2) is 24.9 Å². The molecule has 2 amide bonds. The van der Waals surface area contributed by atoms with Gasteiger partial charge in [0.25, 0.3) is 11.8 Å². The molecule has 0 bridgehead atoms. The number of carbonyl (C=O) groups excluding carboxylic acids is 3. The van der Waals surface area contributed by atoms with Crippen molar-refractivity contribution in [2.45, 2.75) is 0 Å². The number of nitrogens with zero attached hydrogens (tertiary/aromatic N) is 1. The Kier molecular flexibility index (Phi) is 5.41. The smallest absolute Gasteiger partial charge is 0.337 e. The Morgan fingerprint density at radius 3 is 2.22 bits per heavy atom. The number of anilines is 2. The summed E-state index contributed by atoms with van der Waals surface area (Å²) in [6.07, 6.45) is 0. The second kappa shape index (κ2) is 7.60. The minimum atomic E-state index is -0.685. The van der Waals surface area contributed by atoms with E-state index in [4.69, 9.17) is 34.8 Å². The average molecular weight is 426 g/mol. The zero-order valence-electron chi connectivity index (χ0n) is 13.8. The van der Waals surface area contributed by atoms with E-state index in [1.165, 1.54) is 37.4 Å². The van der Waals surface area contributed by atoms with Crippen LogP contribution in [0.25, 0.3) is 0 Å². The van der Waals surface area contributed by atoms with Crippen molar-refractivity contribution in [3.05, 3.63) is 68.8 Å². The van der Waals surface area contributed by atoms with Crippen LogP contribution in [0.5, 0.6) is 0 Å². The van der Waals surface area contributed by atoms with Crippen molar-refractivity contribution in [1.29, 1.82) is 0 Å². The summed E-state index contributed by atoms with van der Waals surface area (Å²) in [5, 5.41) is 3.17. The van der Waals surface area contributed by atoms with Crippen molar-refractivity contribution in [3.63, 3.8) is 0 Å². The predicted molar refractivity (Wildman–Crippen MR) is 103 cm³/mol.